The number of rotatable bonds is 0. The van der Waals surface area contributed by atoms with Crippen molar-refractivity contribution in [2.45, 2.75) is 13.8 Å². The Morgan fingerprint density at radius 1 is 0.464 bits per heavy atom. The van der Waals surface area contributed by atoms with Gasteiger partial charge in [-0.3, -0.25) is 0 Å². The van der Waals surface area contributed by atoms with Crippen molar-refractivity contribution in [3.05, 3.63) is 71.8 Å². The molecule has 0 atom stereocenters. The number of hydrogen-bond donors (Lipinski definition) is 0. The van der Waals surface area contributed by atoms with Gasteiger partial charge in [-0.1, -0.05) is 23.3 Å². The van der Waals surface area contributed by atoms with E-state index in [1.165, 1.54) is 65.5 Å². The molecule has 0 radical (unpaired) electrons. The van der Waals surface area contributed by atoms with Crippen LogP contribution >= 0.6 is 0 Å². The molecule has 2 heterocycles. The highest BCUT2D eigenvalue weighted by molar-refractivity contribution is 6.17. The van der Waals surface area contributed by atoms with E-state index in [1.807, 2.05) is 0 Å². The van der Waals surface area contributed by atoms with E-state index >= 15 is 0 Å². The molecular weight excluding hydrogens is 340 g/mol. The predicted molar refractivity (Wildman–Crippen MR) is 121 cm³/mol. The summed E-state index contributed by atoms with van der Waals surface area (Å²) in [7, 11) is 4.34. The molecule has 0 spiro atoms. The lowest BCUT2D eigenvalue weighted by Crippen LogP contribution is -1.88. The van der Waals surface area contributed by atoms with Gasteiger partial charge < -0.3 is 9.13 Å². The Balaban J connectivity index is 1.81. The highest BCUT2D eigenvalue weighted by Crippen LogP contribution is 2.36. The van der Waals surface area contributed by atoms with Crippen LogP contribution in [0.4, 0.5) is 0 Å². The second-order valence-corrected chi connectivity index (χ2v) is 8.25. The summed E-state index contributed by atoms with van der Waals surface area (Å²) < 4.78 is 4.64. The van der Waals surface area contributed by atoms with E-state index in [4.69, 9.17) is 0 Å². The smallest absolute Gasteiger partial charge is 0.0495 e. The molecule has 28 heavy (non-hydrogen) atoms. The van der Waals surface area contributed by atoms with Gasteiger partial charge in [-0.2, -0.15) is 0 Å². The molecule has 2 nitrogen and oxygen atoms in total. The standard InChI is InChI=1S/C26H22N2/c1-15-5-7-23-19(9-15)21-11-17-14-26-22(12-18(17)13-25(21)27(23)3)20-10-16(2)6-8-24(20)28(26)4/h5-14H,1-4H3. The first kappa shape index (κ1) is 15.8. The Hall–Kier alpha value is -3.26. The maximum Gasteiger partial charge on any atom is 0.0495 e. The topological polar surface area (TPSA) is 9.86 Å². The van der Waals surface area contributed by atoms with Gasteiger partial charge in [0.05, 0.1) is 0 Å². The summed E-state index contributed by atoms with van der Waals surface area (Å²) >= 11 is 0. The molecular formula is C26H22N2. The van der Waals surface area contributed by atoms with E-state index in [0.717, 1.165) is 0 Å². The van der Waals surface area contributed by atoms with E-state index < -0.39 is 0 Å². The average Bonchev–Trinajstić information content (AvgIpc) is 3.10. The molecule has 0 unspecified atom stereocenters. The van der Waals surface area contributed by atoms with Crippen molar-refractivity contribution < 1.29 is 0 Å². The maximum absolute atomic E-state index is 2.37. The zero-order valence-corrected chi connectivity index (χ0v) is 16.7. The summed E-state index contributed by atoms with van der Waals surface area (Å²) in [5, 5.41) is 7.96. The number of benzene rings is 4. The summed E-state index contributed by atoms with van der Waals surface area (Å²) in [4.78, 5) is 0. The number of nitrogens with zero attached hydrogens (tertiary/aromatic N) is 2. The molecule has 0 amide bonds. The summed E-state index contributed by atoms with van der Waals surface area (Å²) in [6.07, 6.45) is 0. The molecule has 0 saturated carbocycles. The van der Waals surface area contributed by atoms with Crippen molar-refractivity contribution in [3.63, 3.8) is 0 Å². The lowest BCUT2D eigenvalue weighted by molar-refractivity contribution is 1.01. The highest BCUT2D eigenvalue weighted by Gasteiger charge is 2.13. The molecule has 0 fully saturated rings. The van der Waals surface area contributed by atoms with Crippen LogP contribution in [0.15, 0.2) is 60.7 Å². The van der Waals surface area contributed by atoms with Gasteiger partial charge in [-0.05, 0) is 73.2 Å². The second kappa shape index (κ2) is 5.17. The van der Waals surface area contributed by atoms with Gasteiger partial charge >= 0.3 is 0 Å². The van der Waals surface area contributed by atoms with E-state index in [2.05, 4.69) is 97.7 Å². The van der Waals surface area contributed by atoms with Gasteiger partial charge in [-0.25, -0.2) is 0 Å². The summed E-state index contributed by atoms with van der Waals surface area (Å²) in [6.45, 7) is 4.33. The minimum atomic E-state index is 1.29. The second-order valence-electron chi connectivity index (χ2n) is 8.25. The van der Waals surface area contributed by atoms with Gasteiger partial charge in [0.1, 0.15) is 0 Å². The van der Waals surface area contributed by atoms with Gasteiger partial charge in [0.25, 0.3) is 0 Å². The van der Waals surface area contributed by atoms with Crippen molar-refractivity contribution in [3.8, 4) is 0 Å². The quantitative estimate of drug-likeness (QED) is 0.283. The third-order valence-corrected chi connectivity index (χ3v) is 6.40. The molecule has 0 aliphatic carbocycles. The monoisotopic (exact) mass is 362 g/mol. The minimum Gasteiger partial charge on any atom is -0.344 e. The summed E-state index contributed by atoms with van der Waals surface area (Å²) in [5.74, 6) is 0. The van der Waals surface area contributed by atoms with Crippen LogP contribution in [0.2, 0.25) is 0 Å². The molecule has 0 N–H and O–H groups in total. The van der Waals surface area contributed by atoms with Crippen molar-refractivity contribution in [2.24, 2.45) is 14.1 Å². The molecule has 6 rings (SSSR count). The van der Waals surface area contributed by atoms with Crippen LogP contribution in [0.5, 0.6) is 0 Å². The normalized spacial score (nSPS) is 12.3. The third-order valence-electron chi connectivity index (χ3n) is 6.40. The van der Waals surface area contributed by atoms with Crippen molar-refractivity contribution in [1.29, 1.82) is 0 Å². The van der Waals surface area contributed by atoms with Crippen LogP contribution < -0.4 is 0 Å². The summed E-state index contributed by atoms with van der Waals surface area (Å²) in [6, 6.07) is 22.9. The maximum atomic E-state index is 2.37. The molecule has 0 bridgehead atoms. The van der Waals surface area contributed by atoms with Crippen LogP contribution in [0.1, 0.15) is 11.1 Å². The number of aryl methyl sites for hydroxylation is 4. The zero-order valence-electron chi connectivity index (χ0n) is 16.7. The van der Waals surface area contributed by atoms with Gasteiger partial charge in [0.15, 0.2) is 0 Å². The fourth-order valence-electron chi connectivity index (χ4n) is 4.89. The lowest BCUT2D eigenvalue weighted by atomic mass is 10.0. The molecule has 6 aromatic rings. The van der Waals surface area contributed by atoms with Crippen LogP contribution in [-0.2, 0) is 14.1 Å². The molecule has 0 aliphatic rings. The first-order valence-corrected chi connectivity index (χ1v) is 9.82. The largest absolute Gasteiger partial charge is 0.344 e. The fraction of sp³-hybridized carbons (Fsp3) is 0.154. The Kier molecular flexibility index (Phi) is 2.91. The zero-order chi connectivity index (χ0) is 19.2. The Morgan fingerprint density at radius 2 is 0.857 bits per heavy atom. The van der Waals surface area contributed by atoms with Crippen molar-refractivity contribution in [2.75, 3.05) is 0 Å². The fourth-order valence-corrected chi connectivity index (χ4v) is 4.89. The van der Waals surface area contributed by atoms with Gasteiger partial charge in [0, 0.05) is 57.7 Å². The average molecular weight is 362 g/mol. The van der Waals surface area contributed by atoms with Gasteiger partial charge in [-0.15, -0.1) is 0 Å². The Morgan fingerprint density at radius 3 is 1.29 bits per heavy atom. The molecule has 136 valence electrons. The van der Waals surface area contributed by atoms with Crippen LogP contribution in [-0.4, -0.2) is 9.13 Å². The minimum absolute atomic E-state index is 1.29. The van der Waals surface area contributed by atoms with Gasteiger partial charge in [0.2, 0.25) is 0 Å². The highest BCUT2D eigenvalue weighted by atomic mass is 14.9. The number of hydrogen-bond acceptors (Lipinski definition) is 0. The first-order valence-electron chi connectivity index (χ1n) is 9.82. The number of fused-ring (bicyclic) bond motifs is 7. The van der Waals surface area contributed by atoms with Crippen LogP contribution in [0.3, 0.4) is 0 Å². The molecule has 2 heteroatoms. The Bertz CT molecular complexity index is 1470. The third kappa shape index (κ3) is 1.92. The van der Waals surface area contributed by atoms with E-state index in [0.29, 0.717) is 0 Å². The van der Waals surface area contributed by atoms with E-state index in [-0.39, 0.29) is 0 Å². The van der Waals surface area contributed by atoms with E-state index in [1.54, 1.807) is 0 Å². The Labute approximate surface area is 163 Å². The van der Waals surface area contributed by atoms with Crippen molar-refractivity contribution in [1.82, 2.24) is 9.13 Å². The number of aromatic nitrogens is 2. The summed E-state index contributed by atoms with van der Waals surface area (Å²) in [5.41, 5.74) is 7.79. The molecule has 0 saturated heterocycles. The lowest BCUT2D eigenvalue weighted by Gasteiger charge is -2.04. The molecule has 2 aromatic heterocycles. The van der Waals surface area contributed by atoms with Crippen LogP contribution in [0, 0.1) is 13.8 Å². The van der Waals surface area contributed by atoms with E-state index in [9.17, 15) is 0 Å². The van der Waals surface area contributed by atoms with Crippen LogP contribution in [0.25, 0.3) is 54.4 Å². The van der Waals surface area contributed by atoms with Crippen molar-refractivity contribution >= 4 is 54.4 Å². The first-order chi connectivity index (χ1) is 13.5. The molecule has 4 aromatic carbocycles. The SMILES string of the molecule is Cc1ccc2c(c1)c1cc3cc4c(cc3cc1n2C)c1cc(C)ccc1n4C. The predicted octanol–water partition coefficient (Wildman–Crippen LogP) is 6.75. The molecule has 0 aliphatic heterocycles.